The van der Waals surface area contributed by atoms with Crippen LogP contribution < -0.4 is 4.90 Å². The van der Waals surface area contributed by atoms with Crippen LogP contribution in [0.4, 0.5) is 5.69 Å². The zero-order valence-electron chi connectivity index (χ0n) is 16.3. The first-order valence-corrected chi connectivity index (χ1v) is 10.6. The van der Waals surface area contributed by atoms with Gasteiger partial charge < -0.3 is 14.3 Å². The Bertz CT molecular complexity index is 809. The van der Waals surface area contributed by atoms with E-state index in [9.17, 15) is 4.79 Å². The van der Waals surface area contributed by atoms with Gasteiger partial charge in [-0.3, -0.25) is 4.79 Å². The van der Waals surface area contributed by atoms with Crippen LogP contribution in [0.3, 0.4) is 0 Å². The number of anilines is 1. The normalized spacial score (nSPS) is 24.2. The van der Waals surface area contributed by atoms with Crippen LogP contribution in [0.2, 0.25) is 0 Å². The fourth-order valence-electron chi connectivity index (χ4n) is 4.60. The van der Waals surface area contributed by atoms with Crippen LogP contribution in [0.1, 0.15) is 49.7 Å². The molecule has 0 radical (unpaired) electrons. The van der Waals surface area contributed by atoms with E-state index in [1.165, 1.54) is 25.7 Å². The summed E-state index contributed by atoms with van der Waals surface area (Å²) >= 11 is 0. The first kappa shape index (κ1) is 17.9. The molecule has 0 spiro atoms. The van der Waals surface area contributed by atoms with Crippen LogP contribution in [-0.2, 0) is 11.2 Å². The molecule has 5 rings (SSSR count). The molecule has 3 heterocycles. The fourth-order valence-corrected chi connectivity index (χ4v) is 4.60. The van der Waals surface area contributed by atoms with Crippen molar-refractivity contribution in [3.05, 3.63) is 42.0 Å². The quantitative estimate of drug-likeness (QED) is 0.770. The Morgan fingerprint density at radius 1 is 1.04 bits per heavy atom. The Morgan fingerprint density at radius 2 is 1.82 bits per heavy atom. The van der Waals surface area contributed by atoms with Crippen molar-refractivity contribution < 1.29 is 9.32 Å². The number of nitrogens with zero attached hydrogens (tertiary/aromatic N) is 4. The molecule has 1 aromatic carbocycles. The molecule has 1 aliphatic carbocycles. The Hall–Kier alpha value is -2.21. The van der Waals surface area contributed by atoms with Crippen molar-refractivity contribution in [1.82, 2.24) is 15.0 Å². The van der Waals surface area contributed by atoms with Crippen LogP contribution in [-0.4, -0.2) is 47.1 Å². The lowest BCUT2D eigenvalue weighted by molar-refractivity contribution is -0.117. The highest BCUT2D eigenvalue weighted by molar-refractivity contribution is 5.95. The molecule has 1 amide bonds. The van der Waals surface area contributed by atoms with Gasteiger partial charge in [0, 0.05) is 37.5 Å². The van der Waals surface area contributed by atoms with E-state index in [1.54, 1.807) is 0 Å². The van der Waals surface area contributed by atoms with E-state index in [1.807, 2.05) is 35.2 Å². The summed E-state index contributed by atoms with van der Waals surface area (Å²) in [7, 11) is 0. The van der Waals surface area contributed by atoms with Gasteiger partial charge in [0.25, 0.3) is 0 Å². The third-order valence-electron chi connectivity index (χ3n) is 6.38. The van der Waals surface area contributed by atoms with Crippen LogP contribution in [0, 0.1) is 11.8 Å². The minimum absolute atomic E-state index is 0.259. The summed E-state index contributed by atoms with van der Waals surface area (Å²) in [5.74, 6) is 3.61. The van der Waals surface area contributed by atoms with E-state index in [-0.39, 0.29) is 5.91 Å². The molecule has 28 heavy (non-hydrogen) atoms. The summed E-state index contributed by atoms with van der Waals surface area (Å²) < 4.78 is 5.39. The molecule has 0 unspecified atom stereocenters. The van der Waals surface area contributed by atoms with Crippen LogP contribution >= 0.6 is 0 Å². The fraction of sp³-hybridized carbons (Fsp3) is 0.591. The number of benzene rings is 1. The Balaban J connectivity index is 1.09. The molecule has 3 aliphatic rings. The Labute approximate surface area is 165 Å². The van der Waals surface area contributed by atoms with Crippen molar-refractivity contribution in [1.29, 1.82) is 0 Å². The molecule has 2 saturated heterocycles. The lowest BCUT2D eigenvalue weighted by Crippen LogP contribution is -2.38. The molecule has 2 aliphatic heterocycles. The minimum Gasteiger partial charge on any atom is -0.339 e. The van der Waals surface area contributed by atoms with Gasteiger partial charge in [-0.1, -0.05) is 23.4 Å². The van der Waals surface area contributed by atoms with Gasteiger partial charge in [-0.05, 0) is 62.7 Å². The molecule has 0 bridgehead atoms. The maximum atomic E-state index is 12.4. The average Bonchev–Trinajstić information content (AvgIpc) is 3.36. The standard InChI is InChI=1S/C22H28N4O2/c27-21-13-17(15-26(21)19-4-2-1-3-5-19)14-25-10-8-16(9-11-25)12-20-23-22(28-24-20)18-6-7-18/h1-5,16-18H,6-15H2/t17-/m0/s1. The molecule has 6 heteroatoms. The maximum Gasteiger partial charge on any atom is 0.229 e. The summed E-state index contributed by atoms with van der Waals surface area (Å²) in [6.45, 7) is 4.08. The number of piperidine rings is 1. The van der Waals surface area contributed by atoms with E-state index in [0.717, 1.165) is 50.0 Å². The molecule has 6 nitrogen and oxygen atoms in total. The highest BCUT2D eigenvalue weighted by Crippen LogP contribution is 2.39. The van der Waals surface area contributed by atoms with Gasteiger partial charge in [-0.15, -0.1) is 0 Å². The second kappa shape index (κ2) is 7.66. The van der Waals surface area contributed by atoms with Crippen molar-refractivity contribution in [3.63, 3.8) is 0 Å². The van der Waals surface area contributed by atoms with E-state index < -0.39 is 0 Å². The molecule has 1 atom stereocenters. The number of hydrogen-bond donors (Lipinski definition) is 0. The molecule has 148 valence electrons. The summed E-state index contributed by atoms with van der Waals surface area (Å²) in [6.07, 6.45) is 6.36. The second-order valence-electron chi connectivity index (χ2n) is 8.68. The van der Waals surface area contributed by atoms with E-state index in [0.29, 0.717) is 24.2 Å². The van der Waals surface area contributed by atoms with Gasteiger partial charge in [0.15, 0.2) is 5.82 Å². The van der Waals surface area contributed by atoms with Crippen molar-refractivity contribution in [2.45, 2.75) is 44.4 Å². The van der Waals surface area contributed by atoms with Gasteiger partial charge in [0.05, 0.1) is 0 Å². The smallest absolute Gasteiger partial charge is 0.229 e. The molecular formula is C22H28N4O2. The van der Waals surface area contributed by atoms with E-state index in [2.05, 4.69) is 15.0 Å². The number of hydrogen-bond acceptors (Lipinski definition) is 5. The first-order chi connectivity index (χ1) is 13.7. The highest BCUT2D eigenvalue weighted by atomic mass is 16.5. The van der Waals surface area contributed by atoms with Crippen molar-refractivity contribution in [2.24, 2.45) is 11.8 Å². The van der Waals surface area contributed by atoms with Crippen molar-refractivity contribution in [2.75, 3.05) is 31.1 Å². The Kier molecular flexibility index (Phi) is 4.89. The predicted molar refractivity (Wildman–Crippen MR) is 106 cm³/mol. The number of likely N-dealkylation sites (tertiary alicyclic amines) is 1. The summed E-state index contributed by atoms with van der Waals surface area (Å²) in [5, 5.41) is 4.18. The first-order valence-electron chi connectivity index (χ1n) is 10.6. The monoisotopic (exact) mass is 380 g/mol. The zero-order chi connectivity index (χ0) is 18.9. The lowest BCUT2D eigenvalue weighted by atomic mass is 9.92. The number of aromatic nitrogens is 2. The van der Waals surface area contributed by atoms with Gasteiger partial charge >= 0.3 is 0 Å². The molecule has 3 fully saturated rings. The predicted octanol–water partition coefficient (Wildman–Crippen LogP) is 3.25. The van der Waals surface area contributed by atoms with Crippen LogP contribution in [0.25, 0.3) is 0 Å². The third kappa shape index (κ3) is 3.97. The van der Waals surface area contributed by atoms with Gasteiger partial charge in [0.2, 0.25) is 11.8 Å². The maximum absolute atomic E-state index is 12.4. The lowest BCUT2D eigenvalue weighted by Gasteiger charge is -2.33. The number of amides is 1. The molecule has 1 saturated carbocycles. The highest BCUT2D eigenvalue weighted by Gasteiger charge is 2.33. The summed E-state index contributed by atoms with van der Waals surface area (Å²) in [5.41, 5.74) is 1.03. The van der Waals surface area contributed by atoms with E-state index in [4.69, 9.17) is 4.52 Å². The molecular weight excluding hydrogens is 352 g/mol. The summed E-state index contributed by atoms with van der Waals surface area (Å²) in [4.78, 5) is 21.5. The SMILES string of the molecule is O=C1C[C@@H](CN2CCC(Cc3noc(C4CC4)n3)CC2)CN1c1ccccc1. The number of para-hydroxylation sites is 1. The Morgan fingerprint density at radius 3 is 2.57 bits per heavy atom. The minimum atomic E-state index is 0.259. The van der Waals surface area contributed by atoms with Gasteiger partial charge in [-0.2, -0.15) is 4.98 Å². The second-order valence-corrected chi connectivity index (χ2v) is 8.68. The van der Waals surface area contributed by atoms with Crippen molar-refractivity contribution in [3.8, 4) is 0 Å². The zero-order valence-corrected chi connectivity index (χ0v) is 16.3. The topological polar surface area (TPSA) is 62.5 Å². The summed E-state index contributed by atoms with van der Waals surface area (Å²) in [6, 6.07) is 10.0. The van der Waals surface area contributed by atoms with Crippen LogP contribution in [0.15, 0.2) is 34.9 Å². The van der Waals surface area contributed by atoms with Crippen LogP contribution in [0.5, 0.6) is 0 Å². The molecule has 2 aromatic rings. The van der Waals surface area contributed by atoms with Gasteiger partial charge in [-0.25, -0.2) is 0 Å². The molecule has 1 aromatic heterocycles. The largest absolute Gasteiger partial charge is 0.339 e. The van der Waals surface area contributed by atoms with Crippen molar-refractivity contribution >= 4 is 11.6 Å². The third-order valence-corrected chi connectivity index (χ3v) is 6.38. The van der Waals surface area contributed by atoms with Gasteiger partial charge in [0.1, 0.15) is 0 Å². The van der Waals surface area contributed by atoms with E-state index >= 15 is 0 Å². The number of carbonyl (C=O) groups excluding carboxylic acids is 1. The number of rotatable bonds is 6. The average molecular weight is 380 g/mol. The number of carbonyl (C=O) groups is 1. The molecule has 0 N–H and O–H groups in total.